The monoisotopic (exact) mass is 441 g/mol. The van der Waals surface area contributed by atoms with Crippen molar-refractivity contribution in [3.8, 4) is 11.5 Å². The third-order valence-corrected chi connectivity index (χ3v) is 4.85. The normalized spacial score (nSPS) is 10.8. The predicted octanol–water partition coefficient (Wildman–Crippen LogP) is 4.76. The van der Waals surface area contributed by atoms with Gasteiger partial charge in [-0.3, -0.25) is 0 Å². The molecule has 3 aromatic rings. The number of aryl methyl sites for hydroxylation is 1. The van der Waals surface area contributed by atoms with Gasteiger partial charge in [0, 0.05) is 29.2 Å². The molecule has 0 amide bonds. The molecule has 10 heteroatoms. The van der Waals surface area contributed by atoms with E-state index in [0.717, 1.165) is 5.56 Å². The van der Waals surface area contributed by atoms with E-state index in [-0.39, 0.29) is 6.61 Å². The van der Waals surface area contributed by atoms with Crippen LogP contribution >= 0.6 is 34.8 Å². The molecule has 3 rings (SSSR count). The molecule has 1 heterocycles. The minimum absolute atomic E-state index is 0.167. The van der Waals surface area contributed by atoms with Crippen LogP contribution in [0.3, 0.4) is 0 Å². The van der Waals surface area contributed by atoms with Crippen LogP contribution in [-0.4, -0.2) is 26.8 Å². The van der Waals surface area contributed by atoms with Crippen molar-refractivity contribution in [3.05, 3.63) is 56.5 Å². The van der Waals surface area contributed by atoms with Crippen molar-refractivity contribution in [2.24, 2.45) is 7.05 Å². The molecule has 0 saturated heterocycles. The average molecular weight is 443 g/mol. The van der Waals surface area contributed by atoms with Crippen molar-refractivity contribution in [1.29, 1.82) is 0 Å². The highest BCUT2D eigenvalue weighted by molar-refractivity contribution is 6.36. The molecule has 7 nitrogen and oxygen atoms in total. The van der Waals surface area contributed by atoms with Crippen molar-refractivity contribution in [2.75, 3.05) is 11.9 Å². The van der Waals surface area contributed by atoms with E-state index >= 15 is 0 Å². The Bertz CT molecular complexity index is 944. The molecule has 28 heavy (non-hydrogen) atoms. The summed E-state index contributed by atoms with van der Waals surface area (Å²) in [6, 6.07) is 8.95. The number of tetrazole rings is 1. The van der Waals surface area contributed by atoms with Gasteiger partial charge < -0.3 is 14.8 Å². The van der Waals surface area contributed by atoms with Gasteiger partial charge in [0.15, 0.2) is 11.5 Å². The van der Waals surface area contributed by atoms with Gasteiger partial charge in [-0.05, 0) is 47.2 Å². The van der Waals surface area contributed by atoms with Crippen molar-refractivity contribution in [2.45, 2.75) is 20.1 Å². The average Bonchev–Trinajstić information content (AvgIpc) is 3.06. The molecule has 0 bridgehead atoms. The van der Waals surface area contributed by atoms with E-state index in [1.165, 1.54) is 4.68 Å². The van der Waals surface area contributed by atoms with Crippen LogP contribution in [0.1, 0.15) is 18.1 Å². The lowest BCUT2D eigenvalue weighted by Crippen LogP contribution is -2.07. The number of hydrogen-bond acceptors (Lipinski definition) is 6. The third-order valence-electron chi connectivity index (χ3n) is 3.86. The first-order chi connectivity index (χ1) is 13.5. The van der Waals surface area contributed by atoms with Crippen LogP contribution in [0.15, 0.2) is 30.3 Å². The number of benzene rings is 2. The summed E-state index contributed by atoms with van der Waals surface area (Å²) in [5.41, 5.74) is 1.57. The number of nitrogens with zero attached hydrogens (tertiary/aromatic N) is 4. The lowest BCUT2D eigenvalue weighted by molar-refractivity contribution is 0.269. The maximum atomic E-state index is 6.46. The van der Waals surface area contributed by atoms with Crippen LogP contribution in [0.5, 0.6) is 11.5 Å². The van der Waals surface area contributed by atoms with Gasteiger partial charge >= 0.3 is 0 Å². The summed E-state index contributed by atoms with van der Waals surface area (Å²) in [5.74, 6) is 1.51. The predicted molar refractivity (Wildman–Crippen MR) is 110 cm³/mol. The molecule has 0 atom stereocenters. The number of aromatic nitrogens is 4. The standard InChI is InChI=1S/C18H18Cl3N5O2/c1-3-27-16-8-11(9-22-18-23-24-25-26(18)2)7-15(21)17(16)28-10-12-13(19)5-4-6-14(12)20/h4-8H,3,9-10H2,1-2H3,(H,22,23,25). The Labute approximate surface area is 177 Å². The number of ether oxygens (including phenoxy) is 2. The fourth-order valence-corrected chi connectivity index (χ4v) is 3.30. The van der Waals surface area contributed by atoms with E-state index in [1.54, 1.807) is 31.3 Å². The molecule has 0 fully saturated rings. The van der Waals surface area contributed by atoms with E-state index in [0.29, 0.717) is 51.2 Å². The van der Waals surface area contributed by atoms with Gasteiger partial charge in [0.05, 0.1) is 11.6 Å². The maximum absolute atomic E-state index is 6.46. The molecular formula is C18H18Cl3N5O2. The lowest BCUT2D eigenvalue weighted by atomic mass is 10.2. The zero-order valence-corrected chi connectivity index (χ0v) is 17.5. The zero-order chi connectivity index (χ0) is 20.1. The number of halogens is 3. The third kappa shape index (κ3) is 4.79. The van der Waals surface area contributed by atoms with E-state index in [1.807, 2.05) is 13.0 Å². The molecule has 0 aliphatic carbocycles. The van der Waals surface area contributed by atoms with Crippen molar-refractivity contribution >= 4 is 40.8 Å². The molecular weight excluding hydrogens is 425 g/mol. The Balaban J connectivity index is 1.79. The molecule has 0 unspecified atom stereocenters. The lowest BCUT2D eigenvalue weighted by Gasteiger charge is -2.16. The van der Waals surface area contributed by atoms with Gasteiger partial charge in [0.2, 0.25) is 5.95 Å². The smallest absolute Gasteiger partial charge is 0.242 e. The minimum atomic E-state index is 0.167. The first kappa shape index (κ1) is 20.5. The second kappa shape index (κ2) is 9.32. The highest BCUT2D eigenvalue weighted by Crippen LogP contribution is 2.38. The molecule has 0 aliphatic rings. The number of anilines is 1. The second-order valence-electron chi connectivity index (χ2n) is 5.81. The first-order valence-corrected chi connectivity index (χ1v) is 9.60. The molecule has 1 N–H and O–H groups in total. The quantitative estimate of drug-likeness (QED) is 0.542. The summed E-state index contributed by atoms with van der Waals surface area (Å²) in [4.78, 5) is 0. The Hall–Kier alpha value is -2.22. The first-order valence-electron chi connectivity index (χ1n) is 8.46. The van der Waals surface area contributed by atoms with Gasteiger partial charge in [0.1, 0.15) is 6.61 Å². The topological polar surface area (TPSA) is 74.1 Å². The van der Waals surface area contributed by atoms with Gasteiger partial charge in [-0.15, -0.1) is 0 Å². The van der Waals surface area contributed by atoms with Gasteiger partial charge in [0.25, 0.3) is 0 Å². The maximum Gasteiger partial charge on any atom is 0.242 e. The molecule has 148 valence electrons. The van der Waals surface area contributed by atoms with Gasteiger partial charge in [-0.25, -0.2) is 4.68 Å². The van der Waals surface area contributed by atoms with Gasteiger partial charge in [-0.1, -0.05) is 46.0 Å². The Morgan fingerprint density at radius 1 is 1.07 bits per heavy atom. The van der Waals surface area contributed by atoms with Gasteiger partial charge in [-0.2, -0.15) is 0 Å². The second-order valence-corrected chi connectivity index (χ2v) is 7.03. The van der Waals surface area contributed by atoms with E-state index in [2.05, 4.69) is 20.8 Å². The number of rotatable bonds is 8. The van der Waals surface area contributed by atoms with Crippen molar-refractivity contribution in [3.63, 3.8) is 0 Å². The van der Waals surface area contributed by atoms with E-state index < -0.39 is 0 Å². The van der Waals surface area contributed by atoms with Crippen molar-refractivity contribution < 1.29 is 9.47 Å². The molecule has 0 saturated carbocycles. The fourth-order valence-electron chi connectivity index (χ4n) is 2.50. The summed E-state index contributed by atoms with van der Waals surface area (Å²) in [5, 5.41) is 15.9. The van der Waals surface area contributed by atoms with Crippen LogP contribution in [0.4, 0.5) is 5.95 Å². The molecule has 0 radical (unpaired) electrons. The van der Waals surface area contributed by atoms with E-state index in [4.69, 9.17) is 44.3 Å². The van der Waals surface area contributed by atoms with Crippen LogP contribution < -0.4 is 14.8 Å². The minimum Gasteiger partial charge on any atom is -0.490 e. The highest BCUT2D eigenvalue weighted by Gasteiger charge is 2.15. The summed E-state index contributed by atoms with van der Waals surface area (Å²) in [7, 11) is 1.75. The summed E-state index contributed by atoms with van der Waals surface area (Å²) >= 11 is 18.9. The fraction of sp³-hybridized carbons (Fsp3) is 0.278. The molecule has 0 aliphatic heterocycles. The largest absolute Gasteiger partial charge is 0.490 e. The number of hydrogen-bond donors (Lipinski definition) is 1. The molecule has 1 aromatic heterocycles. The summed E-state index contributed by atoms with van der Waals surface area (Å²) in [6.07, 6.45) is 0. The van der Waals surface area contributed by atoms with Crippen LogP contribution in [-0.2, 0) is 20.2 Å². The zero-order valence-electron chi connectivity index (χ0n) is 15.2. The summed E-state index contributed by atoms with van der Waals surface area (Å²) < 4.78 is 13.2. The van der Waals surface area contributed by atoms with Crippen molar-refractivity contribution in [1.82, 2.24) is 20.2 Å². The molecule has 2 aromatic carbocycles. The Morgan fingerprint density at radius 3 is 2.46 bits per heavy atom. The van der Waals surface area contributed by atoms with Crippen LogP contribution in [0.2, 0.25) is 15.1 Å². The number of nitrogens with one attached hydrogen (secondary N) is 1. The van der Waals surface area contributed by atoms with Crippen LogP contribution in [0.25, 0.3) is 0 Å². The molecule has 0 spiro atoms. The Kier molecular flexibility index (Phi) is 6.83. The highest BCUT2D eigenvalue weighted by atomic mass is 35.5. The Morgan fingerprint density at radius 2 is 1.82 bits per heavy atom. The van der Waals surface area contributed by atoms with E-state index in [9.17, 15) is 0 Å². The summed E-state index contributed by atoms with van der Waals surface area (Å²) in [6.45, 7) is 2.98. The van der Waals surface area contributed by atoms with Crippen LogP contribution in [0, 0.1) is 0 Å². The SMILES string of the molecule is CCOc1cc(CNc2nnnn2C)cc(Cl)c1OCc1c(Cl)cccc1Cl.